The number of rotatable bonds is 4. The van der Waals surface area contributed by atoms with Gasteiger partial charge in [0.05, 0.1) is 5.41 Å². The average Bonchev–Trinajstić information content (AvgIpc) is 2.70. The fraction of sp³-hybridized carbons (Fsp3) is 0.682. The third-order valence-corrected chi connectivity index (χ3v) is 6.65. The third kappa shape index (κ3) is 3.81. The molecule has 4 heteroatoms. The number of benzene rings is 1. The SMILES string of the molecule is O=C1N(c2ccccc2)CCCC12CCCN(CCC1CCOCC1)C2. The Balaban J connectivity index is 1.40. The number of para-hydroxylation sites is 1. The third-order valence-electron chi connectivity index (χ3n) is 6.65. The van der Waals surface area contributed by atoms with Crippen molar-refractivity contribution in [2.24, 2.45) is 11.3 Å². The predicted molar refractivity (Wildman–Crippen MR) is 104 cm³/mol. The van der Waals surface area contributed by atoms with Gasteiger partial charge in [-0.1, -0.05) is 18.2 Å². The van der Waals surface area contributed by atoms with Crippen molar-refractivity contribution in [2.75, 3.05) is 44.3 Å². The number of nitrogens with zero attached hydrogens (tertiary/aromatic N) is 2. The van der Waals surface area contributed by atoms with Crippen molar-refractivity contribution in [1.29, 1.82) is 0 Å². The first-order valence-electron chi connectivity index (χ1n) is 10.4. The summed E-state index contributed by atoms with van der Waals surface area (Å²) in [5.41, 5.74) is 0.915. The molecule has 0 radical (unpaired) electrons. The van der Waals surface area contributed by atoms with Crippen molar-refractivity contribution in [1.82, 2.24) is 4.90 Å². The lowest BCUT2D eigenvalue weighted by molar-refractivity contribution is -0.134. The lowest BCUT2D eigenvalue weighted by Crippen LogP contribution is -2.56. The van der Waals surface area contributed by atoms with Crippen molar-refractivity contribution >= 4 is 11.6 Å². The van der Waals surface area contributed by atoms with Crippen LogP contribution in [0.1, 0.15) is 44.9 Å². The number of hydrogen-bond donors (Lipinski definition) is 0. The lowest BCUT2D eigenvalue weighted by atomic mass is 9.72. The van der Waals surface area contributed by atoms with E-state index in [0.29, 0.717) is 5.91 Å². The number of carbonyl (C=O) groups is 1. The minimum Gasteiger partial charge on any atom is -0.381 e. The average molecular weight is 357 g/mol. The predicted octanol–water partition coefficient (Wildman–Crippen LogP) is 3.71. The zero-order valence-corrected chi connectivity index (χ0v) is 15.9. The Morgan fingerprint density at radius 1 is 1.04 bits per heavy atom. The van der Waals surface area contributed by atoms with Crippen LogP contribution >= 0.6 is 0 Å². The van der Waals surface area contributed by atoms with E-state index in [9.17, 15) is 4.79 Å². The molecular weight excluding hydrogens is 324 g/mol. The summed E-state index contributed by atoms with van der Waals surface area (Å²) < 4.78 is 5.49. The molecule has 3 fully saturated rings. The zero-order valence-electron chi connectivity index (χ0n) is 15.9. The highest BCUT2D eigenvalue weighted by atomic mass is 16.5. The van der Waals surface area contributed by atoms with E-state index in [2.05, 4.69) is 17.0 Å². The van der Waals surface area contributed by atoms with Gasteiger partial charge in [-0.05, 0) is 76.1 Å². The number of piperidine rings is 2. The maximum atomic E-state index is 13.4. The standard InChI is InChI=1S/C22H32N2O2/c25-21-22(12-5-14-24(21)20-6-2-1-3-7-20)11-4-13-23(18-22)15-8-19-9-16-26-17-10-19/h1-3,6-7,19H,4-5,8-18H2. The zero-order chi connectivity index (χ0) is 17.8. The Labute approximate surface area is 157 Å². The normalized spacial score (nSPS) is 28.6. The Morgan fingerprint density at radius 2 is 1.77 bits per heavy atom. The maximum absolute atomic E-state index is 13.4. The van der Waals surface area contributed by atoms with Gasteiger partial charge in [0.25, 0.3) is 0 Å². The molecule has 3 saturated heterocycles. The van der Waals surface area contributed by atoms with Crippen molar-refractivity contribution < 1.29 is 9.53 Å². The maximum Gasteiger partial charge on any atom is 0.234 e. The molecule has 0 N–H and O–H groups in total. The quantitative estimate of drug-likeness (QED) is 0.824. The molecule has 0 saturated carbocycles. The van der Waals surface area contributed by atoms with Gasteiger partial charge in [-0.2, -0.15) is 0 Å². The second-order valence-corrected chi connectivity index (χ2v) is 8.40. The molecular formula is C22H32N2O2. The molecule has 3 aliphatic heterocycles. The fourth-order valence-electron chi connectivity index (χ4n) is 5.12. The smallest absolute Gasteiger partial charge is 0.234 e. The molecule has 1 atom stereocenters. The van der Waals surface area contributed by atoms with Gasteiger partial charge in [0, 0.05) is 32.0 Å². The summed E-state index contributed by atoms with van der Waals surface area (Å²) in [6.07, 6.45) is 8.07. The van der Waals surface area contributed by atoms with Gasteiger partial charge in [-0.25, -0.2) is 0 Å². The highest BCUT2D eigenvalue weighted by molar-refractivity contribution is 5.98. The van der Waals surface area contributed by atoms with Crippen LogP contribution in [-0.2, 0) is 9.53 Å². The van der Waals surface area contributed by atoms with Crippen LogP contribution in [0.5, 0.6) is 0 Å². The molecule has 1 aromatic rings. The monoisotopic (exact) mass is 356 g/mol. The molecule has 26 heavy (non-hydrogen) atoms. The van der Waals surface area contributed by atoms with Crippen molar-refractivity contribution in [3.63, 3.8) is 0 Å². The van der Waals surface area contributed by atoms with Gasteiger partial charge in [0.2, 0.25) is 5.91 Å². The van der Waals surface area contributed by atoms with E-state index in [0.717, 1.165) is 76.7 Å². The first kappa shape index (κ1) is 18.0. The summed E-state index contributed by atoms with van der Waals surface area (Å²) in [6, 6.07) is 10.2. The minimum atomic E-state index is -0.151. The summed E-state index contributed by atoms with van der Waals surface area (Å²) in [5, 5.41) is 0. The molecule has 3 heterocycles. The first-order chi connectivity index (χ1) is 12.8. The Hall–Kier alpha value is -1.39. The Kier molecular flexibility index (Phi) is 5.60. The molecule has 0 bridgehead atoms. The number of ether oxygens (including phenoxy) is 1. The second-order valence-electron chi connectivity index (χ2n) is 8.40. The number of anilines is 1. The molecule has 142 valence electrons. The van der Waals surface area contributed by atoms with Crippen molar-refractivity contribution in [2.45, 2.75) is 44.9 Å². The topological polar surface area (TPSA) is 32.8 Å². The molecule has 3 aliphatic rings. The summed E-state index contributed by atoms with van der Waals surface area (Å²) in [5.74, 6) is 1.18. The second kappa shape index (κ2) is 8.10. The van der Waals surface area contributed by atoms with E-state index in [1.54, 1.807) is 0 Å². The van der Waals surface area contributed by atoms with Gasteiger partial charge in [0.15, 0.2) is 0 Å². The van der Waals surface area contributed by atoms with Crippen LogP contribution < -0.4 is 4.90 Å². The molecule has 4 rings (SSSR count). The molecule has 1 amide bonds. The van der Waals surface area contributed by atoms with E-state index in [1.165, 1.54) is 19.3 Å². The molecule has 1 aromatic carbocycles. The molecule has 1 spiro atoms. The molecule has 4 nitrogen and oxygen atoms in total. The van der Waals surface area contributed by atoms with Gasteiger partial charge in [-0.3, -0.25) is 4.79 Å². The van der Waals surface area contributed by atoms with Crippen LogP contribution in [0, 0.1) is 11.3 Å². The van der Waals surface area contributed by atoms with Crippen molar-refractivity contribution in [3.05, 3.63) is 30.3 Å². The number of likely N-dealkylation sites (tertiary alicyclic amines) is 1. The van der Waals surface area contributed by atoms with E-state index < -0.39 is 0 Å². The number of amides is 1. The summed E-state index contributed by atoms with van der Waals surface area (Å²) >= 11 is 0. The van der Waals surface area contributed by atoms with Gasteiger partial charge in [0.1, 0.15) is 0 Å². The summed E-state index contributed by atoms with van der Waals surface area (Å²) in [4.78, 5) is 18.1. The highest BCUT2D eigenvalue weighted by Crippen LogP contribution is 2.41. The first-order valence-corrected chi connectivity index (χ1v) is 10.4. The largest absolute Gasteiger partial charge is 0.381 e. The van der Waals surface area contributed by atoms with Crippen LogP contribution in [0.2, 0.25) is 0 Å². The van der Waals surface area contributed by atoms with Gasteiger partial charge >= 0.3 is 0 Å². The number of hydrogen-bond acceptors (Lipinski definition) is 3. The molecule has 0 aromatic heterocycles. The Bertz CT molecular complexity index is 595. The highest BCUT2D eigenvalue weighted by Gasteiger charge is 2.46. The van der Waals surface area contributed by atoms with E-state index >= 15 is 0 Å². The van der Waals surface area contributed by atoms with E-state index in [1.807, 2.05) is 23.1 Å². The summed E-state index contributed by atoms with van der Waals surface area (Å²) in [6.45, 7) is 5.98. The van der Waals surface area contributed by atoms with E-state index in [4.69, 9.17) is 4.74 Å². The van der Waals surface area contributed by atoms with Crippen LogP contribution in [-0.4, -0.2) is 50.2 Å². The Morgan fingerprint density at radius 3 is 2.54 bits per heavy atom. The lowest BCUT2D eigenvalue weighted by Gasteiger charge is -2.47. The van der Waals surface area contributed by atoms with Crippen LogP contribution in [0.3, 0.4) is 0 Å². The number of carbonyl (C=O) groups excluding carboxylic acids is 1. The molecule has 0 aliphatic carbocycles. The van der Waals surface area contributed by atoms with Crippen LogP contribution in [0.25, 0.3) is 0 Å². The van der Waals surface area contributed by atoms with E-state index in [-0.39, 0.29) is 5.41 Å². The van der Waals surface area contributed by atoms with Gasteiger partial charge in [-0.15, -0.1) is 0 Å². The van der Waals surface area contributed by atoms with Crippen LogP contribution in [0.4, 0.5) is 5.69 Å². The summed E-state index contributed by atoms with van der Waals surface area (Å²) in [7, 11) is 0. The van der Waals surface area contributed by atoms with Gasteiger partial charge < -0.3 is 14.5 Å². The minimum absolute atomic E-state index is 0.151. The van der Waals surface area contributed by atoms with Crippen LogP contribution in [0.15, 0.2) is 30.3 Å². The van der Waals surface area contributed by atoms with Crippen molar-refractivity contribution in [3.8, 4) is 0 Å². The molecule has 1 unspecified atom stereocenters. The fourth-order valence-corrected chi connectivity index (χ4v) is 5.12.